The number of amides is 1. The maximum absolute atomic E-state index is 11.7. The zero-order valence-corrected chi connectivity index (χ0v) is 8.60. The number of methoxy groups -OCH3 is 1. The number of hydrogen-bond acceptors (Lipinski definition) is 3. The first-order chi connectivity index (χ1) is 6.52. The molecule has 0 radical (unpaired) electrons. The number of likely N-dealkylation sites (tertiary alicyclic amines) is 2. The van der Waals surface area contributed by atoms with Gasteiger partial charge in [-0.05, 0) is 0 Å². The lowest BCUT2D eigenvalue weighted by atomic mass is 10.0. The maximum Gasteiger partial charge on any atom is 0.409 e. The van der Waals surface area contributed by atoms with Crippen LogP contribution in [0.4, 0.5) is 4.79 Å². The second-order valence-electron chi connectivity index (χ2n) is 4.56. The molecule has 0 aliphatic carbocycles. The van der Waals surface area contributed by atoms with Crippen molar-refractivity contribution >= 4 is 6.09 Å². The van der Waals surface area contributed by atoms with Crippen molar-refractivity contribution in [1.29, 1.82) is 0 Å². The van der Waals surface area contributed by atoms with Crippen molar-refractivity contribution in [3.05, 3.63) is 5.21 Å². The number of rotatable bonds is 0. The number of carbonyl (C=O) groups is 1. The minimum absolute atomic E-state index is 0.148. The van der Waals surface area contributed by atoms with Gasteiger partial charge in [0.1, 0.15) is 0 Å². The highest BCUT2D eigenvalue weighted by Crippen LogP contribution is 2.33. The van der Waals surface area contributed by atoms with Crippen LogP contribution in [0.15, 0.2) is 0 Å². The van der Waals surface area contributed by atoms with Gasteiger partial charge in [0.2, 0.25) is 0 Å². The zero-order valence-electron chi connectivity index (χ0n) is 8.60. The summed E-state index contributed by atoms with van der Waals surface area (Å²) in [7, 11) is 3.10. The van der Waals surface area contributed by atoms with Gasteiger partial charge >= 0.3 is 6.09 Å². The van der Waals surface area contributed by atoms with Crippen LogP contribution in [0.5, 0.6) is 0 Å². The Labute approximate surface area is 83.4 Å². The molecule has 0 spiro atoms. The Kier molecular flexibility index (Phi) is 2.16. The number of ether oxygens (including phenoxy) is 1. The molecule has 80 valence electrons. The molecule has 2 aliphatic rings. The predicted molar refractivity (Wildman–Crippen MR) is 50.2 cm³/mol. The normalized spacial score (nSPS) is 41.2. The summed E-state index contributed by atoms with van der Waals surface area (Å²) in [5, 5.41) is 11.7. The van der Waals surface area contributed by atoms with E-state index in [0.717, 1.165) is 0 Å². The first kappa shape index (κ1) is 9.73. The summed E-state index contributed by atoms with van der Waals surface area (Å²) in [6, 6.07) is 0. The third kappa shape index (κ3) is 1.57. The molecule has 2 rings (SSSR count). The molecule has 2 aliphatic heterocycles. The number of nitrogens with zero attached hydrogens (tertiary/aromatic N) is 2. The molecule has 2 heterocycles. The lowest BCUT2D eigenvalue weighted by Gasteiger charge is -2.35. The van der Waals surface area contributed by atoms with Gasteiger partial charge in [-0.3, -0.25) is 0 Å². The number of carbonyl (C=O) groups excluding carboxylic acids is 1. The highest BCUT2D eigenvalue weighted by molar-refractivity contribution is 5.67. The molecule has 0 saturated carbocycles. The molecule has 0 aromatic rings. The van der Waals surface area contributed by atoms with Crippen LogP contribution < -0.4 is 0 Å². The molecule has 2 unspecified atom stereocenters. The molecule has 2 saturated heterocycles. The van der Waals surface area contributed by atoms with Crippen LogP contribution in [0.1, 0.15) is 0 Å². The van der Waals surface area contributed by atoms with E-state index in [1.165, 1.54) is 7.11 Å². The second kappa shape index (κ2) is 3.10. The third-order valence-corrected chi connectivity index (χ3v) is 3.25. The first-order valence-corrected chi connectivity index (χ1v) is 4.90. The summed E-state index contributed by atoms with van der Waals surface area (Å²) >= 11 is 0. The molecule has 5 nitrogen and oxygen atoms in total. The number of fused-ring (bicyclic) bond motifs is 1. The van der Waals surface area contributed by atoms with Crippen molar-refractivity contribution in [2.45, 2.75) is 0 Å². The Morgan fingerprint density at radius 3 is 2.36 bits per heavy atom. The van der Waals surface area contributed by atoms with Crippen molar-refractivity contribution in [2.24, 2.45) is 11.8 Å². The second-order valence-corrected chi connectivity index (χ2v) is 4.56. The van der Waals surface area contributed by atoms with Crippen molar-refractivity contribution in [1.82, 2.24) is 4.90 Å². The third-order valence-electron chi connectivity index (χ3n) is 3.25. The van der Waals surface area contributed by atoms with Crippen LogP contribution in [-0.4, -0.2) is 56.0 Å². The summed E-state index contributed by atoms with van der Waals surface area (Å²) < 4.78 is 4.51. The van der Waals surface area contributed by atoms with E-state index in [0.29, 0.717) is 38.0 Å². The molecule has 1 amide bonds. The van der Waals surface area contributed by atoms with Crippen LogP contribution in [0, 0.1) is 17.0 Å². The number of hydroxylamine groups is 3. The Morgan fingerprint density at radius 2 is 1.93 bits per heavy atom. The molecule has 5 heteroatoms. The highest BCUT2D eigenvalue weighted by Gasteiger charge is 2.45. The van der Waals surface area contributed by atoms with E-state index in [2.05, 4.69) is 4.74 Å². The molecule has 0 N–H and O–H groups in total. The summed E-state index contributed by atoms with van der Waals surface area (Å²) in [6.07, 6.45) is -0.264. The van der Waals surface area contributed by atoms with Gasteiger partial charge in [0.05, 0.1) is 27.2 Å². The van der Waals surface area contributed by atoms with E-state index in [1.54, 1.807) is 11.9 Å². The summed E-state index contributed by atoms with van der Waals surface area (Å²) in [6.45, 7) is 2.65. The van der Waals surface area contributed by atoms with Gasteiger partial charge in [0.15, 0.2) is 0 Å². The Morgan fingerprint density at radius 1 is 1.43 bits per heavy atom. The fourth-order valence-electron chi connectivity index (χ4n) is 2.70. The smallest absolute Gasteiger partial charge is 0.409 e. The van der Waals surface area contributed by atoms with E-state index >= 15 is 0 Å². The highest BCUT2D eigenvalue weighted by atomic mass is 16.5. The monoisotopic (exact) mass is 200 g/mol. The summed E-state index contributed by atoms with van der Waals surface area (Å²) in [4.78, 5) is 12.9. The molecule has 0 aromatic carbocycles. The molecule has 0 aromatic heterocycles. The Balaban J connectivity index is 1.97. The topological polar surface area (TPSA) is 52.6 Å². The number of quaternary nitrogens is 1. The van der Waals surface area contributed by atoms with Gasteiger partial charge in [-0.25, -0.2) is 4.79 Å². The fourth-order valence-corrected chi connectivity index (χ4v) is 2.70. The van der Waals surface area contributed by atoms with Crippen molar-refractivity contribution < 1.29 is 14.2 Å². The first-order valence-electron chi connectivity index (χ1n) is 4.90. The van der Waals surface area contributed by atoms with Crippen LogP contribution in [0.2, 0.25) is 0 Å². The molecule has 2 fully saturated rings. The Hall–Kier alpha value is -0.810. The fraction of sp³-hybridized carbons (Fsp3) is 0.889. The van der Waals surface area contributed by atoms with E-state index in [9.17, 15) is 10.0 Å². The van der Waals surface area contributed by atoms with Crippen molar-refractivity contribution in [2.75, 3.05) is 40.3 Å². The number of hydrogen-bond donors (Lipinski definition) is 0. The minimum Gasteiger partial charge on any atom is -0.633 e. The van der Waals surface area contributed by atoms with Gasteiger partial charge in [0, 0.05) is 24.9 Å². The lowest BCUT2D eigenvalue weighted by molar-refractivity contribution is -0.850. The van der Waals surface area contributed by atoms with Gasteiger partial charge in [-0.15, -0.1) is 0 Å². The van der Waals surface area contributed by atoms with E-state index in [1.807, 2.05) is 0 Å². The predicted octanol–water partition coefficient (Wildman–Crippen LogP) is 0.259. The molecule has 14 heavy (non-hydrogen) atoms. The van der Waals surface area contributed by atoms with Crippen LogP contribution in [-0.2, 0) is 4.74 Å². The maximum atomic E-state index is 11.7. The molecular formula is C9H16N2O3. The van der Waals surface area contributed by atoms with Crippen LogP contribution >= 0.6 is 0 Å². The summed E-state index contributed by atoms with van der Waals surface area (Å²) in [5.41, 5.74) is 0. The standard InChI is InChI=1S/C9H16N2O3/c1-11(13)5-7-3-10(9(12)14-2)4-8(7)6-11/h7-8H,3-6H2,1-2H3. The van der Waals surface area contributed by atoms with E-state index in [4.69, 9.17) is 0 Å². The zero-order chi connectivity index (χ0) is 10.3. The van der Waals surface area contributed by atoms with Crippen LogP contribution in [0.3, 0.4) is 0 Å². The van der Waals surface area contributed by atoms with E-state index < -0.39 is 0 Å². The van der Waals surface area contributed by atoms with Gasteiger partial charge in [0.25, 0.3) is 0 Å². The Bertz CT molecular complexity index is 238. The SMILES string of the molecule is COC(=O)N1CC2C[N+](C)([O-])CC2C1. The minimum atomic E-state index is -0.264. The molecule has 0 bridgehead atoms. The van der Waals surface area contributed by atoms with Crippen LogP contribution in [0.25, 0.3) is 0 Å². The molecule has 2 atom stereocenters. The average molecular weight is 200 g/mol. The van der Waals surface area contributed by atoms with Gasteiger partial charge < -0.3 is 19.5 Å². The molecular weight excluding hydrogens is 184 g/mol. The largest absolute Gasteiger partial charge is 0.633 e. The summed E-state index contributed by atoms with van der Waals surface area (Å²) in [5.74, 6) is 0.744. The van der Waals surface area contributed by atoms with Gasteiger partial charge in [-0.1, -0.05) is 0 Å². The van der Waals surface area contributed by atoms with Gasteiger partial charge in [-0.2, -0.15) is 0 Å². The average Bonchev–Trinajstić information content (AvgIpc) is 2.56. The van der Waals surface area contributed by atoms with E-state index in [-0.39, 0.29) is 10.7 Å². The van der Waals surface area contributed by atoms with Crippen molar-refractivity contribution in [3.63, 3.8) is 0 Å². The van der Waals surface area contributed by atoms with Crippen molar-refractivity contribution in [3.8, 4) is 0 Å². The quantitative estimate of drug-likeness (QED) is 0.416. The lowest BCUT2D eigenvalue weighted by Crippen LogP contribution is -2.39.